The molecule has 0 amide bonds. The fourth-order valence-electron chi connectivity index (χ4n) is 2.37. The maximum absolute atomic E-state index is 9.99. The zero-order valence-corrected chi connectivity index (χ0v) is 13.5. The quantitative estimate of drug-likeness (QED) is 0.923. The summed E-state index contributed by atoms with van der Waals surface area (Å²) in [5, 5.41) is 9.99. The van der Waals surface area contributed by atoms with E-state index < -0.39 is 6.10 Å². The van der Waals surface area contributed by atoms with Crippen LogP contribution in [0, 0.1) is 0 Å². The van der Waals surface area contributed by atoms with E-state index in [1.54, 1.807) is 0 Å². The molecule has 1 saturated heterocycles. The maximum Gasteiger partial charge on any atom is 0.104 e. The maximum atomic E-state index is 9.99. The Morgan fingerprint density at radius 3 is 1.32 bits per heavy atom. The molecule has 0 aliphatic carbocycles. The Labute approximate surface area is 133 Å². The fraction of sp³-hybridized carbons (Fsp3) is 0.368. The molecule has 1 aliphatic rings. The molecule has 2 aromatic rings. The summed E-state index contributed by atoms with van der Waals surface area (Å²) in [4.78, 5) is 4.72. The Morgan fingerprint density at radius 1 is 0.682 bits per heavy atom. The van der Waals surface area contributed by atoms with Gasteiger partial charge in [0, 0.05) is 26.2 Å². The standard InChI is InChI=1S/C13H12O.C6H14N2/c14-13(11-7-3-1-4-8-11)12-9-5-2-6-10-12;1-7-3-5-8(2)6-4-7/h1-10,13-14H;3-6H2,1-2H3. The molecular weight excluding hydrogens is 272 g/mol. The molecule has 3 nitrogen and oxygen atoms in total. The van der Waals surface area contributed by atoms with E-state index >= 15 is 0 Å². The zero-order chi connectivity index (χ0) is 15.8. The van der Waals surface area contributed by atoms with Crippen molar-refractivity contribution in [2.75, 3.05) is 40.3 Å². The minimum absolute atomic E-state index is 0.516. The van der Waals surface area contributed by atoms with Crippen molar-refractivity contribution < 1.29 is 5.11 Å². The molecular formula is C19H26N2O. The minimum Gasteiger partial charge on any atom is -0.384 e. The van der Waals surface area contributed by atoms with E-state index in [4.69, 9.17) is 0 Å². The van der Waals surface area contributed by atoms with E-state index in [9.17, 15) is 5.11 Å². The van der Waals surface area contributed by atoms with E-state index in [1.807, 2.05) is 60.7 Å². The van der Waals surface area contributed by atoms with Gasteiger partial charge in [-0.15, -0.1) is 0 Å². The molecule has 3 rings (SSSR count). The SMILES string of the molecule is CN1CCN(C)CC1.OC(c1ccccc1)c1ccccc1. The lowest BCUT2D eigenvalue weighted by atomic mass is 10.0. The Morgan fingerprint density at radius 2 is 1.00 bits per heavy atom. The van der Waals surface area contributed by atoms with Crippen molar-refractivity contribution in [3.8, 4) is 0 Å². The second-order valence-corrected chi connectivity index (χ2v) is 5.83. The number of nitrogens with zero attached hydrogens (tertiary/aromatic N) is 2. The molecule has 0 unspecified atom stereocenters. The van der Waals surface area contributed by atoms with E-state index in [0.717, 1.165) is 11.1 Å². The first-order valence-corrected chi connectivity index (χ1v) is 7.82. The zero-order valence-electron chi connectivity index (χ0n) is 13.5. The fourth-order valence-corrected chi connectivity index (χ4v) is 2.37. The number of aliphatic hydroxyl groups excluding tert-OH is 1. The van der Waals surface area contributed by atoms with Gasteiger partial charge in [-0.2, -0.15) is 0 Å². The van der Waals surface area contributed by atoms with E-state index in [2.05, 4.69) is 23.9 Å². The lowest BCUT2D eigenvalue weighted by Crippen LogP contribution is -2.42. The van der Waals surface area contributed by atoms with Crippen LogP contribution in [-0.2, 0) is 0 Å². The van der Waals surface area contributed by atoms with Gasteiger partial charge in [-0.05, 0) is 25.2 Å². The molecule has 0 radical (unpaired) electrons. The van der Waals surface area contributed by atoms with Crippen LogP contribution in [0.4, 0.5) is 0 Å². The summed E-state index contributed by atoms with van der Waals surface area (Å²) in [6, 6.07) is 19.3. The van der Waals surface area contributed by atoms with Crippen LogP contribution in [0.2, 0.25) is 0 Å². The summed E-state index contributed by atoms with van der Waals surface area (Å²) >= 11 is 0. The monoisotopic (exact) mass is 298 g/mol. The van der Waals surface area contributed by atoms with Crippen LogP contribution in [0.15, 0.2) is 60.7 Å². The summed E-state index contributed by atoms with van der Waals surface area (Å²) in [6.07, 6.45) is -0.516. The van der Waals surface area contributed by atoms with Crippen molar-refractivity contribution in [3.05, 3.63) is 71.8 Å². The number of hydrogen-bond acceptors (Lipinski definition) is 3. The molecule has 1 N–H and O–H groups in total. The number of hydrogen-bond donors (Lipinski definition) is 1. The van der Waals surface area contributed by atoms with Gasteiger partial charge in [0.2, 0.25) is 0 Å². The summed E-state index contributed by atoms with van der Waals surface area (Å²) < 4.78 is 0. The normalized spacial score (nSPS) is 16.2. The average molecular weight is 298 g/mol. The van der Waals surface area contributed by atoms with E-state index in [1.165, 1.54) is 26.2 Å². The Balaban J connectivity index is 0.000000188. The first kappa shape index (κ1) is 16.7. The lowest BCUT2D eigenvalue weighted by Gasteiger charge is -2.28. The summed E-state index contributed by atoms with van der Waals surface area (Å²) in [6.45, 7) is 4.93. The van der Waals surface area contributed by atoms with Gasteiger partial charge in [0.1, 0.15) is 6.10 Å². The third kappa shape index (κ3) is 5.26. The van der Waals surface area contributed by atoms with Crippen molar-refractivity contribution >= 4 is 0 Å². The first-order valence-electron chi connectivity index (χ1n) is 7.82. The molecule has 0 bridgehead atoms. The Bertz CT molecular complexity index is 472. The van der Waals surface area contributed by atoms with Crippen LogP contribution < -0.4 is 0 Å². The van der Waals surface area contributed by atoms with Crippen molar-refractivity contribution in [2.24, 2.45) is 0 Å². The van der Waals surface area contributed by atoms with E-state index in [0.29, 0.717) is 0 Å². The highest BCUT2D eigenvalue weighted by atomic mass is 16.3. The highest BCUT2D eigenvalue weighted by molar-refractivity contribution is 5.29. The molecule has 0 spiro atoms. The van der Waals surface area contributed by atoms with Gasteiger partial charge in [-0.1, -0.05) is 60.7 Å². The van der Waals surface area contributed by atoms with Gasteiger partial charge in [-0.25, -0.2) is 0 Å². The lowest BCUT2D eigenvalue weighted by molar-refractivity contribution is 0.181. The molecule has 1 fully saturated rings. The summed E-state index contributed by atoms with van der Waals surface area (Å²) in [5.74, 6) is 0. The smallest absolute Gasteiger partial charge is 0.104 e. The molecule has 0 atom stereocenters. The number of benzene rings is 2. The molecule has 1 aliphatic heterocycles. The largest absolute Gasteiger partial charge is 0.384 e. The van der Waals surface area contributed by atoms with Crippen molar-refractivity contribution in [3.63, 3.8) is 0 Å². The van der Waals surface area contributed by atoms with Crippen LogP contribution in [0.3, 0.4) is 0 Å². The molecule has 3 heteroatoms. The molecule has 0 aromatic heterocycles. The topological polar surface area (TPSA) is 26.7 Å². The Kier molecular flexibility index (Phi) is 6.59. The minimum atomic E-state index is -0.516. The summed E-state index contributed by atoms with van der Waals surface area (Å²) in [5.41, 5.74) is 1.86. The van der Waals surface area contributed by atoms with Gasteiger partial charge in [0.05, 0.1) is 0 Å². The predicted molar refractivity (Wildman–Crippen MR) is 91.9 cm³/mol. The van der Waals surface area contributed by atoms with Gasteiger partial charge in [0.25, 0.3) is 0 Å². The second kappa shape index (κ2) is 8.69. The summed E-state index contributed by atoms with van der Waals surface area (Å²) in [7, 11) is 4.35. The highest BCUT2D eigenvalue weighted by Gasteiger charge is 2.08. The molecule has 1 heterocycles. The first-order chi connectivity index (χ1) is 10.7. The van der Waals surface area contributed by atoms with E-state index in [-0.39, 0.29) is 0 Å². The van der Waals surface area contributed by atoms with Crippen LogP contribution in [0.5, 0.6) is 0 Å². The predicted octanol–water partition coefficient (Wildman–Crippen LogP) is 2.63. The van der Waals surface area contributed by atoms with Crippen molar-refractivity contribution in [1.29, 1.82) is 0 Å². The molecule has 22 heavy (non-hydrogen) atoms. The van der Waals surface area contributed by atoms with Gasteiger partial charge < -0.3 is 14.9 Å². The van der Waals surface area contributed by atoms with Crippen molar-refractivity contribution in [1.82, 2.24) is 9.80 Å². The number of likely N-dealkylation sites (N-methyl/N-ethyl adjacent to an activating group) is 2. The van der Waals surface area contributed by atoms with Crippen LogP contribution in [0.25, 0.3) is 0 Å². The van der Waals surface area contributed by atoms with Crippen LogP contribution in [0.1, 0.15) is 17.2 Å². The molecule has 118 valence electrons. The third-order valence-electron chi connectivity index (χ3n) is 3.96. The van der Waals surface area contributed by atoms with Crippen LogP contribution >= 0.6 is 0 Å². The average Bonchev–Trinajstić information content (AvgIpc) is 2.59. The Hall–Kier alpha value is -1.68. The second-order valence-electron chi connectivity index (χ2n) is 5.83. The third-order valence-corrected chi connectivity index (χ3v) is 3.96. The number of piperazine rings is 1. The number of aliphatic hydroxyl groups is 1. The van der Waals surface area contributed by atoms with Gasteiger partial charge in [-0.3, -0.25) is 0 Å². The van der Waals surface area contributed by atoms with Gasteiger partial charge in [0.15, 0.2) is 0 Å². The molecule has 2 aromatic carbocycles. The molecule has 0 saturated carbocycles. The van der Waals surface area contributed by atoms with Crippen molar-refractivity contribution in [2.45, 2.75) is 6.10 Å². The van der Waals surface area contributed by atoms with Gasteiger partial charge >= 0.3 is 0 Å². The highest BCUT2D eigenvalue weighted by Crippen LogP contribution is 2.20. The van der Waals surface area contributed by atoms with Crippen LogP contribution in [-0.4, -0.2) is 55.2 Å². The number of rotatable bonds is 2.